The third-order valence-electron chi connectivity index (χ3n) is 7.04. The lowest BCUT2D eigenvalue weighted by molar-refractivity contribution is 0.171. The van der Waals surface area contributed by atoms with Crippen LogP contribution in [0.25, 0.3) is 0 Å². The van der Waals surface area contributed by atoms with Gasteiger partial charge in [-0.15, -0.1) is 0 Å². The highest BCUT2D eigenvalue weighted by molar-refractivity contribution is 5.44. The molecule has 0 saturated heterocycles. The third kappa shape index (κ3) is 10.7. The second-order valence-electron chi connectivity index (χ2n) is 11.6. The molecule has 0 fully saturated rings. The van der Waals surface area contributed by atoms with E-state index in [9.17, 15) is 0 Å². The Bertz CT molecular complexity index is 1570. The number of benzene rings is 3. The number of hydrogen-bond acceptors (Lipinski definition) is 6. The van der Waals surface area contributed by atoms with E-state index in [1.54, 1.807) is 24.8 Å². The first-order valence-corrected chi connectivity index (χ1v) is 15.5. The molecule has 3 aromatic carbocycles. The number of fused-ring (bicyclic) bond motifs is 1. The zero-order chi connectivity index (χ0) is 32.0. The van der Waals surface area contributed by atoms with Crippen LogP contribution in [-0.2, 0) is 0 Å². The van der Waals surface area contributed by atoms with Crippen LogP contribution < -0.4 is 18.9 Å². The molecule has 0 amide bonds. The number of nitrogens with zero attached hydrogens (tertiary/aromatic N) is 2. The Morgan fingerprint density at radius 3 is 1.56 bits per heavy atom. The quantitative estimate of drug-likeness (QED) is 0.184. The number of ether oxygens (including phenoxy) is 4. The minimum Gasteiger partial charge on any atom is -0.486 e. The van der Waals surface area contributed by atoms with Gasteiger partial charge in [-0.2, -0.15) is 0 Å². The summed E-state index contributed by atoms with van der Waals surface area (Å²) in [4.78, 5) is 8.01. The van der Waals surface area contributed by atoms with E-state index < -0.39 is 0 Å². The van der Waals surface area contributed by atoms with E-state index in [0.717, 1.165) is 34.5 Å². The van der Waals surface area contributed by atoms with Crippen LogP contribution in [0, 0.1) is 0 Å². The highest BCUT2D eigenvalue weighted by Crippen LogP contribution is 2.33. The highest BCUT2D eigenvalue weighted by atomic mass is 16.6. The molecule has 0 aliphatic carbocycles. The first-order chi connectivity index (χ1) is 21.8. The molecular formula is C39H44N2O4. The van der Waals surface area contributed by atoms with Crippen molar-refractivity contribution in [3.05, 3.63) is 132 Å². The van der Waals surface area contributed by atoms with Gasteiger partial charge in [0.05, 0.1) is 12.4 Å². The second-order valence-corrected chi connectivity index (χ2v) is 11.6. The molecule has 0 saturated carbocycles. The second kappa shape index (κ2) is 16.9. The van der Waals surface area contributed by atoms with Gasteiger partial charge in [0.25, 0.3) is 0 Å². The van der Waals surface area contributed by atoms with Crippen molar-refractivity contribution in [2.45, 2.75) is 59.3 Å². The summed E-state index contributed by atoms with van der Waals surface area (Å²) in [6.07, 6.45) is 6.88. The fourth-order valence-electron chi connectivity index (χ4n) is 4.36. The van der Waals surface area contributed by atoms with Crippen molar-refractivity contribution >= 4 is 0 Å². The lowest BCUT2D eigenvalue weighted by Gasteiger charge is -2.19. The number of rotatable bonds is 7. The van der Waals surface area contributed by atoms with E-state index in [1.165, 1.54) is 16.7 Å². The maximum absolute atomic E-state index is 5.71. The van der Waals surface area contributed by atoms with Crippen molar-refractivity contribution in [2.24, 2.45) is 0 Å². The fraction of sp³-hybridized carbons (Fsp3) is 0.282. The minimum atomic E-state index is 0.512. The molecule has 2 aromatic heterocycles. The van der Waals surface area contributed by atoms with Crippen molar-refractivity contribution in [1.29, 1.82) is 0 Å². The van der Waals surface area contributed by atoms with Crippen molar-refractivity contribution in [3.8, 4) is 34.5 Å². The summed E-state index contributed by atoms with van der Waals surface area (Å²) >= 11 is 0. The van der Waals surface area contributed by atoms with Gasteiger partial charge in [-0.3, -0.25) is 9.97 Å². The standard InChI is InChI=1S/2C14H15NO.C11H14O2/c1-11(2)12-5-3-6-13(9-12)16-14-7-4-8-15-10-14;1-11(2)12-5-7-13(8-6-12)16-14-4-3-9-15-10-14;1-8(2)9-3-4-10-11(7-9)13-6-5-12-10/h2*3-11H,1-2H3;3-4,7-8H,5-6H2,1-2H3. The largest absolute Gasteiger partial charge is 0.486 e. The monoisotopic (exact) mass is 604 g/mol. The molecule has 6 rings (SSSR count). The first kappa shape index (κ1) is 33.1. The molecule has 0 radical (unpaired) electrons. The SMILES string of the molecule is CC(C)c1ccc(Oc2cccnc2)cc1.CC(C)c1ccc2c(c1)OCCO2.CC(C)c1cccc(Oc2cccnc2)c1. The third-order valence-corrected chi connectivity index (χ3v) is 7.04. The van der Waals surface area contributed by atoms with E-state index in [4.69, 9.17) is 18.9 Å². The molecule has 0 spiro atoms. The average molecular weight is 605 g/mol. The smallest absolute Gasteiger partial charge is 0.161 e. The van der Waals surface area contributed by atoms with E-state index in [0.29, 0.717) is 31.0 Å². The lowest BCUT2D eigenvalue weighted by atomic mass is 10.0. The van der Waals surface area contributed by atoms with Gasteiger partial charge in [0.2, 0.25) is 0 Å². The molecule has 234 valence electrons. The normalized spacial score (nSPS) is 11.7. The number of pyridine rings is 2. The maximum Gasteiger partial charge on any atom is 0.161 e. The molecule has 0 N–H and O–H groups in total. The van der Waals surface area contributed by atoms with Crippen LogP contribution >= 0.6 is 0 Å². The van der Waals surface area contributed by atoms with Crippen molar-refractivity contribution in [1.82, 2.24) is 9.97 Å². The van der Waals surface area contributed by atoms with Gasteiger partial charge in [-0.05, 0) is 95.1 Å². The van der Waals surface area contributed by atoms with Crippen molar-refractivity contribution < 1.29 is 18.9 Å². The van der Waals surface area contributed by atoms with Gasteiger partial charge in [-0.25, -0.2) is 0 Å². The molecule has 0 atom stereocenters. The molecule has 1 aliphatic rings. The minimum absolute atomic E-state index is 0.512. The fourth-order valence-corrected chi connectivity index (χ4v) is 4.36. The van der Waals surface area contributed by atoms with Gasteiger partial charge < -0.3 is 18.9 Å². The van der Waals surface area contributed by atoms with Crippen LogP contribution in [0.1, 0.15) is 76.0 Å². The van der Waals surface area contributed by atoms with E-state index >= 15 is 0 Å². The lowest BCUT2D eigenvalue weighted by Crippen LogP contribution is -2.15. The molecule has 6 heteroatoms. The van der Waals surface area contributed by atoms with Crippen LogP contribution in [0.2, 0.25) is 0 Å². The van der Waals surface area contributed by atoms with E-state index in [2.05, 4.69) is 87.9 Å². The van der Waals surface area contributed by atoms with Gasteiger partial charge >= 0.3 is 0 Å². The summed E-state index contributed by atoms with van der Waals surface area (Å²) in [5.41, 5.74) is 3.89. The Labute approximate surface area is 268 Å². The summed E-state index contributed by atoms with van der Waals surface area (Å²) in [6, 6.07) is 30.0. The summed E-state index contributed by atoms with van der Waals surface area (Å²) in [5.74, 6) is 6.59. The van der Waals surface area contributed by atoms with Crippen LogP contribution in [0.15, 0.2) is 116 Å². The number of hydrogen-bond donors (Lipinski definition) is 0. The van der Waals surface area contributed by atoms with Crippen LogP contribution in [-0.4, -0.2) is 23.2 Å². The van der Waals surface area contributed by atoms with E-state index in [1.807, 2.05) is 54.6 Å². The Balaban J connectivity index is 0.000000155. The Kier molecular flexibility index (Phi) is 12.4. The number of aromatic nitrogens is 2. The molecule has 6 nitrogen and oxygen atoms in total. The van der Waals surface area contributed by atoms with Crippen molar-refractivity contribution in [3.63, 3.8) is 0 Å². The van der Waals surface area contributed by atoms with Crippen molar-refractivity contribution in [2.75, 3.05) is 13.2 Å². The zero-order valence-corrected chi connectivity index (χ0v) is 27.1. The Morgan fingerprint density at radius 1 is 0.489 bits per heavy atom. The van der Waals surface area contributed by atoms with Gasteiger partial charge in [0.1, 0.15) is 36.2 Å². The molecule has 1 aliphatic heterocycles. The molecule has 5 aromatic rings. The summed E-state index contributed by atoms with van der Waals surface area (Å²) in [7, 11) is 0. The van der Waals surface area contributed by atoms with Gasteiger partial charge in [0, 0.05) is 12.4 Å². The van der Waals surface area contributed by atoms with Gasteiger partial charge in [-0.1, -0.05) is 71.9 Å². The Hall–Kier alpha value is -4.84. The molecule has 45 heavy (non-hydrogen) atoms. The van der Waals surface area contributed by atoms with Crippen LogP contribution in [0.4, 0.5) is 0 Å². The summed E-state index contributed by atoms with van der Waals surface area (Å²) < 4.78 is 22.3. The summed E-state index contributed by atoms with van der Waals surface area (Å²) in [6.45, 7) is 14.4. The highest BCUT2D eigenvalue weighted by Gasteiger charge is 2.12. The Morgan fingerprint density at radius 2 is 1.00 bits per heavy atom. The topological polar surface area (TPSA) is 62.7 Å². The predicted octanol–water partition coefficient (Wildman–Crippen LogP) is 10.6. The van der Waals surface area contributed by atoms with Crippen LogP contribution in [0.3, 0.4) is 0 Å². The summed E-state index contributed by atoms with van der Waals surface area (Å²) in [5, 5.41) is 0. The maximum atomic E-state index is 5.71. The molecule has 3 heterocycles. The average Bonchev–Trinajstić information content (AvgIpc) is 3.06. The molecule has 0 bridgehead atoms. The molecule has 0 unspecified atom stereocenters. The predicted molar refractivity (Wildman–Crippen MR) is 181 cm³/mol. The van der Waals surface area contributed by atoms with Crippen LogP contribution in [0.5, 0.6) is 34.5 Å². The molecular weight excluding hydrogens is 560 g/mol. The zero-order valence-electron chi connectivity index (χ0n) is 27.1. The first-order valence-electron chi connectivity index (χ1n) is 15.5. The van der Waals surface area contributed by atoms with Gasteiger partial charge in [0.15, 0.2) is 11.5 Å². The van der Waals surface area contributed by atoms with E-state index in [-0.39, 0.29) is 0 Å².